The van der Waals surface area contributed by atoms with Crippen LogP contribution in [0.15, 0.2) is 59.4 Å². The zero-order chi connectivity index (χ0) is 16.7. The first-order valence-corrected chi connectivity index (χ1v) is 8.34. The summed E-state index contributed by atoms with van der Waals surface area (Å²) in [6.45, 7) is 4.24. The summed E-state index contributed by atoms with van der Waals surface area (Å²) in [5.74, 6) is -0.146. The molecule has 0 bridgehead atoms. The fraction of sp³-hybridized carbons (Fsp3) is 0.0526. The topological polar surface area (TPSA) is 53.2 Å². The third-order valence-corrected chi connectivity index (χ3v) is 4.96. The third-order valence-electron chi connectivity index (χ3n) is 4.02. The number of fused-ring (bicyclic) bond motifs is 1. The molecule has 3 aromatic rings. The molecular weight excluding hydrogens is 320 g/mol. The fourth-order valence-electron chi connectivity index (χ4n) is 2.97. The average molecular weight is 334 g/mol. The van der Waals surface area contributed by atoms with Gasteiger partial charge >= 0.3 is 0 Å². The predicted octanol–water partition coefficient (Wildman–Crippen LogP) is 1.59. The van der Waals surface area contributed by atoms with Crippen LogP contribution < -0.4 is 19.7 Å². The molecule has 0 saturated carbocycles. The first-order valence-electron chi connectivity index (χ1n) is 7.53. The van der Waals surface area contributed by atoms with Crippen molar-refractivity contribution < 1.29 is 4.79 Å². The number of carbonyl (C=O) groups is 1. The fourth-order valence-corrected chi connectivity index (χ4v) is 3.80. The van der Waals surface area contributed by atoms with Gasteiger partial charge in [0.25, 0.3) is 11.5 Å². The number of benzene rings is 2. The molecule has 4 rings (SSSR count). The molecule has 118 valence electrons. The van der Waals surface area contributed by atoms with Gasteiger partial charge in [-0.25, -0.2) is 0 Å². The number of hydrogen-bond acceptors (Lipinski definition) is 3. The quantitative estimate of drug-likeness (QED) is 0.774. The van der Waals surface area contributed by atoms with Crippen LogP contribution in [-0.2, 0) is 11.3 Å². The Labute approximate surface area is 142 Å². The molecule has 2 aromatic carbocycles. The maximum Gasteiger partial charge on any atom is 0.267 e. The van der Waals surface area contributed by atoms with Gasteiger partial charge in [0.15, 0.2) is 0 Å². The third kappa shape index (κ3) is 2.30. The van der Waals surface area contributed by atoms with Crippen LogP contribution in [0.2, 0.25) is 0 Å². The van der Waals surface area contributed by atoms with Crippen LogP contribution in [0.1, 0.15) is 11.1 Å². The Morgan fingerprint density at radius 1 is 1.00 bits per heavy atom. The first-order chi connectivity index (χ1) is 11.6. The molecular formula is C19H14N2O2S. The van der Waals surface area contributed by atoms with Crippen LogP contribution in [0.25, 0.3) is 12.2 Å². The minimum atomic E-state index is -0.260. The van der Waals surface area contributed by atoms with Gasteiger partial charge in [-0.3, -0.25) is 9.59 Å². The number of rotatable bonds is 2. The van der Waals surface area contributed by atoms with Crippen molar-refractivity contribution in [3.05, 3.63) is 85.3 Å². The smallest absolute Gasteiger partial charge is 0.267 e. The van der Waals surface area contributed by atoms with E-state index in [0.717, 1.165) is 16.8 Å². The number of thiazole rings is 1. The molecule has 1 N–H and O–H groups in total. The van der Waals surface area contributed by atoms with Gasteiger partial charge in [-0.2, -0.15) is 0 Å². The zero-order valence-electron chi connectivity index (χ0n) is 12.8. The second-order valence-electron chi connectivity index (χ2n) is 5.58. The van der Waals surface area contributed by atoms with Crippen LogP contribution in [0, 0.1) is 0 Å². The minimum absolute atomic E-state index is 0.146. The average Bonchev–Trinajstić information content (AvgIpc) is 3.05. The Bertz CT molecular complexity index is 1100. The van der Waals surface area contributed by atoms with Crippen LogP contribution in [0.3, 0.4) is 0 Å². The van der Waals surface area contributed by atoms with E-state index in [0.29, 0.717) is 21.3 Å². The largest absolute Gasteiger partial charge is 0.313 e. The number of amides is 1. The van der Waals surface area contributed by atoms with Gasteiger partial charge in [-0.1, -0.05) is 55.1 Å². The molecule has 1 aliphatic rings. The van der Waals surface area contributed by atoms with Crippen LogP contribution in [0.5, 0.6) is 0 Å². The summed E-state index contributed by atoms with van der Waals surface area (Å²) in [5, 5.41) is 0. The zero-order valence-corrected chi connectivity index (χ0v) is 13.6. The van der Waals surface area contributed by atoms with Gasteiger partial charge in [0, 0.05) is 5.56 Å². The molecule has 0 aliphatic carbocycles. The summed E-state index contributed by atoms with van der Waals surface area (Å²) in [6.07, 6.45) is 0. The normalized spacial score (nSPS) is 15.7. The van der Waals surface area contributed by atoms with Crippen molar-refractivity contribution >= 4 is 35.1 Å². The van der Waals surface area contributed by atoms with Crippen molar-refractivity contribution in [2.75, 3.05) is 4.90 Å². The van der Waals surface area contributed by atoms with E-state index in [2.05, 4.69) is 11.6 Å². The molecule has 0 radical (unpaired) electrons. The number of nitrogens with one attached hydrogen (secondary N) is 1. The van der Waals surface area contributed by atoms with Crippen LogP contribution in [0.4, 0.5) is 5.69 Å². The van der Waals surface area contributed by atoms with E-state index in [1.807, 2.05) is 54.6 Å². The van der Waals surface area contributed by atoms with Crippen LogP contribution in [-0.4, -0.2) is 10.9 Å². The maximum absolute atomic E-state index is 13.1. The van der Waals surface area contributed by atoms with Crippen molar-refractivity contribution in [3.8, 4) is 0 Å². The van der Waals surface area contributed by atoms with Crippen LogP contribution >= 0.6 is 11.3 Å². The maximum atomic E-state index is 13.1. The Hall–Kier alpha value is -2.92. The number of aromatic amines is 1. The number of carbonyl (C=O) groups excluding carboxylic acids is 1. The molecule has 0 unspecified atom stereocenters. The molecule has 5 heteroatoms. The molecule has 24 heavy (non-hydrogen) atoms. The summed E-state index contributed by atoms with van der Waals surface area (Å²) in [6, 6.07) is 17.4. The van der Waals surface area contributed by atoms with Gasteiger partial charge in [-0.05, 0) is 11.6 Å². The van der Waals surface area contributed by atoms with Crippen molar-refractivity contribution in [2.45, 2.75) is 6.54 Å². The van der Waals surface area contributed by atoms with Crippen molar-refractivity contribution in [3.63, 3.8) is 0 Å². The molecule has 0 saturated heterocycles. The molecule has 1 amide bonds. The Morgan fingerprint density at radius 2 is 1.71 bits per heavy atom. The van der Waals surface area contributed by atoms with E-state index >= 15 is 0 Å². The monoisotopic (exact) mass is 334 g/mol. The summed E-state index contributed by atoms with van der Waals surface area (Å²) >= 11 is 1.22. The molecule has 1 aliphatic heterocycles. The van der Waals surface area contributed by atoms with E-state index in [1.54, 1.807) is 4.90 Å². The lowest BCUT2D eigenvalue weighted by Crippen LogP contribution is -2.30. The summed E-state index contributed by atoms with van der Waals surface area (Å²) in [5.41, 5.74) is 2.87. The highest BCUT2D eigenvalue weighted by Gasteiger charge is 2.33. The van der Waals surface area contributed by atoms with Gasteiger partial charge in [0.2, 0.25) is 0 Å². The number of anilines is 1. The number of aromatic nitrogens is 1. The molecule has 0 fully saturated rings. The highest BCUT2D eigenvalue weighted by atomic mass is 32.1. The first kappa shape index (κ1) is 14.7. The Morgan fingerprint density at radius 3 is 2.42 bits per heavy atom. The highest BCUT2D eigenvalue weighted by Crippen LogP contribution is 2.35. The van der Waals surface area contributed by atoms with E-state index < -0.39 is 0 Å². The van der Waals surface area contributed by atoms with Crippen molar-refractivity contribution in [1.82, 2.24) is 4.98 Å². The van der Waals surface area contributed by atoms with E-state index in [9.17, 15) is 9.59 Å². The van der Waals surface area contributed by atoms with Gasteiger partial charge in [0.05, 0.1) is 22.5 Å². The van der Waals surface area contributed by atoms with E-state index in [4.69, 9.17) is 0 Å². The summed E-state index contributed by atoms with van der Waals surface area (Å²) < 4.78 is 0.974. The summed E-state index contributed by atoms with van der Waals surface area (Å²) in [4.78, 5) is 29.6. The number of nitrogens with zero attached hydrogens (tertiary/aromatic N) is 1. The molecule has 0 atom stereocenters. The van der Waals surface area contributed by atoms with E-state index in [-0.39, 0.29) is 11.5 Å². The lowest BCUT2D eigenvalue weighted by atomic mass is 10.1. The molecule has 2 heterocycles. The number of H-pyrrole nitrogens is 1. The van der Waals surface area contributed by atoms with Gasteiger partial charge < -0.3 is 9.88 Å². The number of hydrogen-bond donors (Lipinski definition) is 1. The van der Waals surface area contributed by atoms with E-state index in [1.165, 1.54) is 11.3 Å². The highest BCUT2D eigenvalue weighted by molar-refractivity contribution is 7.07. The minimum Gasteiger partial charge on any atom is -0.313 e. The second kappa shape index (κ2) is 5.62. The van der Waals surface area contributed by atoms with Crippen molar-refractivity contribution in [2.24, 2.45) is 0 Å². The SMILES string of the molecule is C=c1[nH]c(=O)/c(=C2/C(=O)N(Cc3ccccc3)c3ccccc32)s1. The Kier molecular flexibility index (Phi) is 3.43. The molecule has 0 spiro atoms. The Balaban J connectivity index is 1.93. The van der Waals surface area contributed by atoms with Gasteiger partial charge in [0.1, 0.15) is 4.53 Å². The predicted molar refractivity (Wildman–Crippen MR) is 96.3 cm³/mol. The standard InChI is InChI=1S/C19H14N2O2S/c1-12-20-18(22)17(24-12)16-14-9-5-6-10-15(14)21(19(16)23)11-13-7-3-2-4-8-13/h2-10H,1,11H2,(H,20,22)/b17-16-. The molecule has 1 aromatic heterocycles. The van der Waals surface area contributed by atoms with Crippen molar-refractivity contribution in [1.29, 1.82) is 0 Å². The van der Waals surface area contributed by atoms with Gasteiger partial charge in [-0.15, -0.1) is 11.3 Å². The number of para-hydroxylation sites is 1. The second-order valence-corrected chi connectivity index (χ2v) is 6.68. The lowest BCUT2D eigenvalue weighted by Gasteiger charge is -2.17. The lowest BCUT2D eigenvalue weighted by molar-refractivity contribution is -0.113. The molecule has 4 nitrogen and oxygen atoms in total. The summed E-state index contributed by atoms with van der Waals surface area (Å²) in [7, 11) is 0.